The summed E-state index contributed by atoms with van der Waals surface area (Å²) in [5.74, 6) is 6.71. The normalized spacial score (nSPS) is 20.3. The molecular formula is C27H29F3N6O2Se. The van der Waals surface area contributed by atoms with Crippen LogP contribution < -0.4 is 30.6 Å². The van der Waals surface area contributed by atoms with Gasteiger partial charge in [-0.2, -0.15) is 0 Å². The number of rotatable bonds is 7. The predicted molar refractivity (Wildman–Crippen MR) is 145 cm³/mol. The number of benzene rings is 1. The molecule has 4 heterocycles. The minimum absolute atomic E-state index is 0.129. The first-order valence-electron chi connectivity index (χ1n) is 12.7. The van der Waals surface area contributed by atoms with Crippen molar-refractivity contribution < 1.29 is 22.7 Å². The van der Waals surface area contributed by atoms with E-state index in [1.54, 1.807) is 41.9 Å². The predicted octanol–water partition coefficient (Wildman–Crippen LogP) is 2.71. The van der Waals surface area contributed by atoms with Crippen LogP contribution in [0, 0.1) is 11.8 Å². The van der Waals surface area contributed by atoms with Gasteiger partial charge in [0.15, 0.2) is 0 Å². The third-order valence-electron chi connectivity index (χ3n) is 7.05. The number of amides is 1. The topological polar surface area (TPSA) is 91.7 Å². The Labute approximate surface area is 230 Å². The molecule has 12 heteroatoms. The van der Waals surface area contributed by atoms with E-state index in [-0.39, 0.29) is 23.1 Å². The fourth-order valence-electron chi connectivity index (χ4n) is 5.23. The van der Waals surface area contributed by atoms with E-state index in [0.717, 1.165) is 25.7 Å². The summed E-state index contributed by atoms with van der Waals surface area (Å²) in [6, 6.07) is 7.71. The third kappa shape index (κ3) is 6.11. The molecule has 39 heavy (non-hydrogen) atoms. The van der Waals surface area contributed by atoms with Crippen molar-refractivity contribution in [3.63, 3.8) is 0 Å². The van der Waals surface area contributed by atoms with Crippen molar-refractivity contribution in [2.75, 3.05) is 31.3 Å². The van der Waals surface area contributed by atoms with Crippen molar-refractivity contribution in [2.45, 2.75) is 48.9 Å². The van der Waals surface area contributed by atoms with Crippen molar-refractivity contribution in [1.82, 2.24) is 20.0 Å². The van der Waals surface area contributed by atoms with Gasteiger partial charge in [-0.15, -0.1) is 0 Å². The van der Waals surface area contributed by atoms with Crippen LogP contribution in [-0.4, -0.2) is 74.2 Å². The number of nitrogens with zero attached hydrogens (tertiary/aromatic N) is 2. The Balaban J connectivity index is 1.41. The molecule has 206 valence electrons. The van der Waals surface area contributed by atoms with Crippen LogP contribution in [0.25, 0.3) is 5.52 Å². The Morgan fingerprint density at radius 2 is 2.08 bits per heavy atom. The van der Waals surface area contributed by atoms with Gasteiger partial charge in [0.05, 0.1) is 0 Å². The first kappa shape index (κ1) is 27.2. The molecule has 0 aliphatic carbocycles. The second kappa shape index (κ2) is 11.4. The molecule has 1 amide bonds. The molecule has 3 atom stereocenters. The average molecular weight is 606 g/mol. The van der Waals surface area contributed by atoms with E-state index >= 15 is 0 Å². The number of carbonyl (C=O) groups excluding carboxylic acids is 1. The Morgan fingerprint density at radius 3 is 2.85 bits per heavy atom. The van der Waals surface area contributed by atoms with Crippen LogP contribution >= 0.6 is 0 Å². The SMILES string of the molecule is CNC(=O)c1ccc(OC)c(NCC#Cc2cc3c(N[C@@H]4CC[C@@H]5CC[C@H]4N5)nccn3c2[Se]C(F)(F)F)c1. The van der Waals surface area contributed by atoms with Gasteiger partial charge in [0, 0.05) is 0 Å². The molecule has 2 aliphatic rings. The van der Waals surface area contributed by atoms with E-state index in [0.29, 0.717) is 46.0 Å². The Hall–Kier alpha value is -3.39. The molecule has 0 spiro atoms. The van der Waals surface area contributed by atoms with Crippen LogP contribution in [0.1, 0.15) is 41.6 Å². The van der Waals surface area contributed by atoms with Crippen molar-refractivity contribution >= 4 is 42.5 Å². The molecular weight excluding hydrogens is 576 g/mol. The number of methoxy groups -OCH3 is 1. The Morgan fingerprint density at radius 1 is 1.26 bits per heavy atom. The molecule has 2 aliphatic heterocycles. The van der Waals surface area contributed by atoms with Crippen LogP contribution in [0.15, 0.2) is 36.7 Å². The van der Waals surface area contributed by atoms with Crippen molar-refractivity contribution in [1.29, 1.82) is 0 Å². The quantitative estimate of drug-likeness (QED) is 0.245. The molecule has 2 saturated heterocycles. The molecule has 2 aromatic heterocycles. The van der Waals surface area contributed by atoms with Gasteiger partial charge in [-0.05, 0) is 0 Å². The van der Waals surface area contributed by atoms with E-state index in [2.05, 4.69) is 38.1 Å². The molecule has 2 bridgehead atoms. The van der Waals surface area contributed by atoms with Crippen LogP contribution in [0.5, 0.6) is 5.75 Å². The van der Waals surface area contributed by atoms with Crippen molar-refractivity contribution in [2.24, 2.45) is 0 Å². The summed E-state index contributed by atoms with van der Waals surface area (Å²) in [7, 11) is 3.05. The second-order valence-corrected chi connectivity index (χ2v) is 11.7. The summed E-state index contributed by atoms with van der Waals surface area (Å²) in [4.78, 5) is 16.5. The number of fused-ring (bicyclic) bond motifs is 3. The number of aromatic nitrogens is 2. The molecule has 2 fully saturated rings. The second-order valence-electron chi connectivity index (χ2n) is 9.47. The fraction of sp³-hybridized carbons (Fsp3) is 0.407. The number of halogens is 3. The van der Waals surface area contributed by atoms with E-state index in [1.165, 1.54) is 13.3 Å². The van der Waals surface area contributed by atoms with Gasteiger partial charge in [0.2, 0.25) is 0 Å². The van der Waals surface area contributed by atoms with E-state index < -0.39 is 20.0 Å². The monoisotopic (exact) mass is 606 g/mol. The van der Waals surface area contributed by atoms with Gasteiger partial charge in [-0.1, -0.05) is 0 Å². The maximum absolute atomic E-state index is 13.6. The zero-order chi connectivity index (χ0) is 27.6. The summed E-state index contributed by atoms with van der Waals surface area (Å²) in [5.41, 5.74) is 1.90. The summed E-state index contributed by atoms with van der Waals surface area (Å²) in [6.45, 7) is 0.137. The molecule has 0 unspecified atom stereocenters. The Kier molecular flexibility index (Phi) is 7.93. The van der Waals surface area contributed by atoms with Gasteiger partial charge < -0.3 is 0 Å². The molecule has 0 saturated carbocycles. The number of alkyl halides is 3. The molecule has 4 N–H and O–H groups in total. The summed E-state index contributed by atoms with van der Waals surface area (Å²) in [6.07, 6.45) is 7.39. The van der Waals surface area contributed by atoms with Gasteiger partial charge in [0.1, 0.15) is 0 Å². The molecule has 1 aromatic carbocycles. The summed E-state index contributed by atoms with van der Waals surface area (Å²) >= 11 is -1.80. The summed E-state index contributed by atoms with van der Waals surface area (Å²) < 4.78 is 47.8. The van der Waals surface area contributed by atoms with Crippen molar-refractivity contribution in [3.8, 4) is 17.6 Å². The fourth-order valence-corrected chi connectivity index (χ4v) is 6.69. The number of carbonyl (C=O) groups is 1. The zero-order valence-electron chi connectivity index (χ0n) is 21.5. The average Bonchev–Trinajstić information content (AvgIpc) is 3.47. The number of piperidine rings is 1. The van der Waals surface area contributed by atoms with Gasteiger partial charge in [-0.25, -0.2) is 0 Å². The van der Waals surface area contributed by atoms with Crippen LogP contribution in [0.2, 0.25) is 0 Å². The van der Waals surface area contributed by atoms with Crippen LogP contribution in [0.4, 0.5) is 24.7 Å². The molecule has 0 radical (unpaired) electrons. The first-order chi connectivity index (χ1) is 18.8. The van der Waals surface area contributed by atoms with E-state index in [4.69, 9.17) is 4.74 Å². The van der Waals surface area contributed by atoms with Crippen LogP contribution in [0.3, 0.4) is 0 Å². The number of hydrogen-bond acceptors (Lipinski definition) is 6. The number of ether oxygens (including phenoxy) is 1. The third-order valence-corrected chi connectivity index (χ3v) is 8.82. The number of anilines is 2. The van der Waals surface area contributed by atoms with Gasteiger partial charge in [0.25, 0.3) is 0 Å². The Bertz CT molecular complexity index is 1430. The molecule has 5 rings (SSSR count). The van der Waals surface area contributed by atoms with E-state index in [1.807, 2.05) is 0 Å². The standard InChI is InChI=1S/C27H29F3N6O2Se/c1-31-25(37)16-5-10-23(38-2)21(14-16)32-11-3-4-17-15-22-24(35-20-9-7-18-6-8-19(20)34-18)33-12-13-36(22)26(17)39-27(28,29)30/h5,10,12-15,18-20,32,34H,6-9,11H2,1-2H3,(H,31,37)(H,33,35)/t18-,19+,20+/m0/s1. The maximum atomic E-state index is 13.6. The summed E-state index contributed by atoms with van der Waals surface area (Å²) in [5, 5.41) is 8.45. The first-order valence-corrected chi connectivity index (χ1v) is 14.4. The molecule has 3 aromatic rings. The van der Waals surface area contributed by atoms with Gasteiger partial charge in [-0.3, -0.25) is 0 Å². The number of nitrogens with one attached hydrogen (secondary N) is 4. The van der Waals surface area contributed by atoms with Gasteiger partial charge >= 0.3 is 231 Å². The number of hydrogen-bond donors (Lipinski definition) is 4. The van der Waals surface area contributed by atoms with Crippen LogP contribution in [-0.2, 0) is 0 Å². The minimum atomic E-state index is -4.34. The zero-order valence-corrected chi connectivity index (χ0v) is 23.2. The molecule has 8 nitrogen and oxygen atoms in total. The van der Waals surface area contributed by atoms with E-state index in [9.17, 15) is 18.0 Å². The van der Waals surface area contributed by atoms with Crippen molar-refractivity contribution in [3.05, 3.63) is 47.8 Å².